The van der Waals surface area contributed by atoms with Crippen molar-refractivity contribution in [3.63, 3.8) is 0 Å². The number of sulfonamides is 1. The number of nitro groups is 1. The molecule has 2 aromatic rings. The molecule has 0 N–H and O–H groups in total. The fourth-order valence-electron chi connectivity index (χ4n) is 2.73. The summed E-state index contributed by atoms with van der Waals surface area (Å²) in [5.41, 5.74) is 0.478. The lowest BCUT2D eigenvalue weighted by molar-refractivity contribution is -0.385. The highest BCUT2D eigenvalue weighted by Crippen LogP contribution is 2.34. The first-order chi connectivity index (χ1) is 13.7. The van der Waals surface area contributed by atoms with E-state index in [0.717, 1.165) is 10.5 Å². The molecule has 0 atom stereocenters. The van der Waals surface area contributed by atoms with Crippen LogP contribution in [0.4, 0.5) is 5.69 Å². The molecule has 0 radical (unpaired) electrons. The standard InChI is InChI=1S/C17H15BrN4O6S/c1-21(19-9-10-6-11(18)7-14(27-2)16(10)28-3)17-13-5-4-12(22(23)24)8-15(13)29(25,26)20-17/h4-9H,1-3H3. The molecule has 12 heteroatoms. The second-order valence-corrected chi connectivity index (χ2v) is 8.31. The van der Waals surface area contributed by atoms with Crippen molar-refractivity contribution >= 4 is 43.7 Å². The first-order valence-corrected chi connectivity index (χ1v) is 10.2. The lowest BCUT2D eigenvalue weighted by Gasteiger charge is -2.14. The van der Waals surface area contributed by atoms with Gasteiger partial charge in [0.2, 0.25) is 0 Å². The summed E-state index contributed by atoms with van der Waals surface area (Å²) in [5.74, 6) is 0.987. The number of hydrazone groups is 1. The predicted octanol–water partition coefficient (Wildman–Crippen LogP) is 2.79. The summed E-state index contributed by atoms with van der Waals surface area (Å²) < 4.78 is 39.7. The van der Waals surface area contributed by atoms with Crippen molar-refractivity contribution in [3.05, 3.63) is 56.0 Å². The highest BCUT2D eigenvalue weighted by atomic mass is 79.9. The maximum atomic E-state index is 12.3. The van der Waals surface area contributed by atoms with E-state index < -0.39 is 14.9 Å². The summed E-state index contributed by atoms with van der Waals surface area (Å²) >= 11 is 3.38. The van der Waals surface area contributed by atoms with E-state index >= 15 is 0 Å². The molecule has 152 valence electrons. The van der Waals surface area contributed by atoms with Gasteiger partial charge in [0.25, 0.3) is 15.7 Å². The number of amidine groups is 1. The number of benzene rings is 2. The molecular formula is C17H15BrN4O6S. The molecule has 0 fully saturated rings. The quantitative estimate of drug-likeness (QED) is 0.364. The Balaban J connectivity index is 1.99. The Bertz CT molecular complexity index is 1160. The maximum absolute atomic E-state index is 12.3. The van der Waals surface area contributed by atoms with Gasteiger partial charge in [0.15, 0.2) is 17.3 Å². The number of methoxy groups -OCH3 is 2. The Kier molecular flexibility index (Phi) is 5.57. The number of non-ortho nitro benzene ring substituents is 1. The van der Waals surface area contributed by atoms with Gasteiger partial charge in [0.05, 0.1) is 25.4 Å². The summed E-state index contributed by atoms with van der Waals surface area (Å²) in [6.45, 7) is 0. The van der Waals surface area contributed by atoms with E-state index in [1.165, 1.54) is 44.6 Å². The number of halogens is 1. The number of ether oxygens (including phenoxy) is 2. The zero-order valence-electron chi connectivity index (χ0n) is 15.5. The minimum absolute atomic E-state index is 0.0482. The Labute approximate surface area is 174 Å². The zero-order valence-corrected chi connectivity index (χ0v) is 17.9. The third kappa shape index (κ3) is 3.93. The van der Waals surface area contributed by atoms with Crippen LogP contribution in [0.15, 0.2) is 49.2 Å². The van der Waals surface area contributed by atoms with Crippen molar-refractivity contribution in [3.8, 4) is 11.5 Å². The van der Waals surface area contributed by atoms with Gasteiger partial charge in [-0.15, -0.1) is 4.40 Å². The Morgan fingerprint density at radius 1 is 1.24 bits per heavy atom. The zero-order chi connectivity index (χ0) is 21.3. The molecule has 0 amide bonds. The van der Waals surface area contributed by atoms with E-state index in [2.05, 4.69) is 25.4 Å². The summed E-state index contributed by atoms with van der Waals surface area (Å²) in [5, 5.41) is 16.5. The molecule has 0 unspecified atom stereocenters. The van der Waals surface area contributed by atoms with Crippen LogP contribution >= 0.6 is 15.9 Å². The molecule has 0 aliphatic carbocycles. The van der Waals surface area contributed by atoms with Crippen LogP contribution in [-0.4, -0.2) is 51.7 Å². The van der Waals surface area contributed by atoms with Gasteiger partial charge in [-0.25, -0.2) is 5.01 Å². The summed E-state index contributed by atoms with van der Waals surface area (Å²) in [7, 11) is 0.459. The fourth-order valence-corrected chi connectivity index (χ4v) is 4.43. The lowest BCUT2D eigenvalue weighted by atomic mass is 10.2. The van der Waals surface area contributed by atoms with Gasteiger partial charge in [-0.3, -0.25) is 10.1 Å². The van der Waals surface area contributed by atoms with Crippen molar-refractivity contribution in [1.82, 2.24) is 5.01 Å². The molecule has 10 nitrogen and oxygen atoms in total. The molecule has 0 saturated heterocycles. The van der Waals surface area contributed by atoms with Gasteiger partial charge in [-0.05, 0) is 18.2 Å². The van der Waals surface area contributed by atoms with Crippen LogP contribution in [0, 0.1) is 10.1 Å². The summed E-state index contributed by atoms with van der Waals surface area (Å²) in [6.07, 6.45) is 1.46. The maximum Gasteiger partial charge on any atom is 0.285 e. The first kappa shape index (κ1) is 20.7. The van der Waals surface area contributed by atoms with Gasteiger partial charge >= 0.3 is 0 Å². The minimum Gasteiger partial charge on any atom is -0.493 e. The number of nitro benzene ring substituents is 1. The van der Waals surface area contributed by atoms with E-state index in [0.29, 0.717) is 17.1 Å². The smallest absolute Gasteiger partial charge is 0.285 e. The largest absolute Gasteiger partial charge is 0.493 e. The van der Waals surface area contributed by atoms with Crippen LogP contribution in [0.25, 0.3) is 0 Å². The lowest BCUT2D eigenvalue weighted by Crippen LogP contribution is -2.21. The van der Waals surface area contributed by atoms with E-state index in [1.54, 1.807) is 12.1 Å². The van der Waals surface area contributed by atoms with Crippen LogP contribution < -0.4 is 9.47 Å². The van der Waals surface area contributed by atoms with Crippen LogP contribution in [-0.2, 0) is 10.0 Å². The van der Waals surface area contributed by atoms with Crippen molar-refractivity contribution in [2.45, 2.75) is 4.90 Å². The number of hydrogen-bond acceptors (Lipinski definition) is 8. The third-order valence-corrected chi connectivity index (χ3v) is 5.82. The van der Waals surface area contributed by atoms with Crippen molar-refractivity contribution in [1.29, 1.82) is 0 Å². The summed E-state index contributed by atoms with van der Waals surface area (Å²) in [6, 6.07) is 7.03. The topological polar surface area (TPSA) is 124 Å². The molecule has 0 spiro atoms. The Morgan fingerprint density at radius 2 is 1.97 bits per heavy atom. The van der Waals surface area contributed by atoms with Crippen LogP contribution in [0.2, 0.25) is 0 Å². The van der Waals surface area contributed by atoms with E-state index in [9.17, 15) is 18.5 Å². The average molecular weight is 483 g/mol. The first-order valence-electron chi connectivity index (χ1n) is 8.01. The van der Waals surface area contributed by atoms with E-state index in [4.69, 9.17) is 9.47 Å². The molecular weight excluding hydrogens is 468 g/mol. The van der Waals surface area contributed by atoms with Gasteiger partial charge < -0.3 is 9.47 Å². The highest BCUT2D eigenvalue weighted by Gasteiger charge is 2.32. The molecule has 2 aromatic carbocycles. The average Bonchev–Trinajstić information content (AvgIpc) is 2.96. The third-order valence-electron chi connectivity index (χ3n) is 4.05. The van der Waals surface area contributed by atoms with Crippen LogP contribution in [0.3, 0.4) is 0 Å². The van der Waals surface area contributed by atoms with Gasteiger partial charge in [0.1, 0.15) is 4.90 Å². The molecule has 1 aliphatic rings. The molecule has 29 heavy (non-hydrogen) atoms. The van der Waals surface area contributed by atoms with Crippen LogP contribution in [0.5, 0.6) is 11.5 Å². The number of hydrogen-bond donors (Lipinski definition) is 0. The Morgan fingerprint density at radius 3 is 2.59 bits per heavy atom. The van der Waals surface area contributed by atoms with Gasteiger partial charge in [-0.1, -0.05) is 15.9 Å². The fraction of sp³-hybridized carbons (Fsp3) is 0.176. The second-order valence-electron chi connectivity index (χ2n) is 5.83. The molecule has 1 aliphatic heterocycles. The summed E-state index contributed by atoms with van der Waals surface area (Å²) in [4.78, 5) is 10.0. The molecule has 1 heterocycles. The van der Waals surface area contributed by atoms with Crippen LogP contribution in [0.1, 0.15) is 11.1 Å². The van der Waals surface area contributed by atoms with Crippen molar-refractivity contribution in [2.75, 3.05) is 21.3 Å². The van der Waals surface area contributed by atoms with Crippen molar-refractivity contribution in [2.24, 2.45) is 9.50 Å². The highest BCUT2D eigenvalue weighted by molar-refractivity contribution is 9.10. The number of fused-ring (bicyclic) bond motifs is 1. The molecule has 0 aromatic heterocycles. The van der Waals surface area contributed by atoms with Gasteiger partial charge in [0, 0.05) is 34.8 Å². The number of rotatable bonds is 5. The monoisotopic (exact) mass is 482 g/mol. The molecule has 0 saturated carbocycles. The van der Waals surface area contributed by atoms with Gasteiger partial charge in [-0.2, -0.15) is 13.5 Å². The SMILES string of the molecule is COc1cc(Br)cc(C=NN(C)C2=NS(=O)(=O)c3cc([N+](=O)[O-])ccc32)c1OC. The second kappa shape index (κ2) is 7.79. The molecule has 3 rings (SSSR count). The minimum atomic E-state index is -4.05. The number of nitrogens with zero attached hydrogens (tertiary/aromatic N) is 4. The Hall–Kier alpha value is -2.99. The van der Waals surface area contributed by atoms with E-state index in [1.807, 2.05) is 0 Å². The van der Waals surface area contributed by atoms with Crippen molar-refractivity contribution < 1.29 is 22.8 Å². The van der Waals surface area contributed by atoms with E-state index in [-0.39, 0.29) is 22.0 Å². The predicted molar refractivity (Wildman–Crippen MR) is 109 cm³/mol. The molecule has 0 bridgehead atoms. The normalized spacial score (nSPS) is 14.4.